The minimum absolute atomic E-state index is 0.693. The molecule has 3 heteroatoms. The second kappa shape index (κ2) is 11.9. The van der Waals surface area contributed by atoms with Crippen LogP contribution in [0, 0.1) is 5.92 Å². The Kier molecular flexibility index (Phi) is 11.9. The highest BCUT2D eigenvalue weighted by Gasteiger charge is 2.09. The van der Waals surface area contributed by atoms with Crippen LogP contribution in [0.25, 0.3) is 0 Å². The van der Waals surface area contributed by atoms with E-state index in [1.54, 1.807) is 7.11 Å². The third-order valence-electron chi connectivity index (χ3n) is 3.25. The lowest BCUT2D eigenvalue weighted by atomic mass is 10.1. The van der Waals surface area contributed by atoms with E-state index in [1.807, 2.05) is 0 Å². The fraction of sp³-hybridized carbons (Fsp3) is 1.00. The number of hydrogen-bond donors (Lipinski definition) is 1. The molecule has 0 aromatic heterocycles. The number of nitrogens with one attached hydrogen (secondary N) is 1. The lowest BCUT2D eigenvalue weighted by molar-refractivity contribution is 0.138. The Morgan fingerprint density at radius 1 is 1.17 bits per heavy atom. The summed E-state index contributed by atoms with van der Waals surface area (Å²) in [4.78, 5) is 2.53. The molecule has 0 amide bonds. The first-order chi connectivity index (χ1) is 8.63. The van der Waals surface area contributed by atoms with E-state index < -0.39 is 0 Å². The number of methoxy groups -OCH3 is 1. The zero-order valence-electron chi connectivity index (χ0n) is 13.2. The summed E-state index contributed by atoms with van der Waals surface area (Å²) in [6.07, 6.45) is 3.80. The molecule has 0 rings (SSSR count). The van der Waals surface area contributed by atoms with Crippen molar-refractivity contribution in [2.24, 2.45) is 5.92 Å². The van der Waals surface area contributed by atoms with E-state index in [2.05, 4.69) is 37.9 Å². The van der Waals surface area contributed by atoms with Gasteiger partial charge in [-0.25, -0.2) is 0 Å². The molecule has 0 heterocycles. The van der Waals surface area contributed by atoms with Gasteiger partial charge in [-0.2, -0.15) is 0 Å². The molecule has 0 fully saturated rings. The third-order valence-corrected chi connectivity index (χ3v) is 3.25. The highest BCUT2D eigenvalue weighted by atomic mass is 16.5. The molecule has 0 aliphatic heterocycles. The Balaban J connectivity index is 3.85. The smallest absolute Gasteiger partial charge is 0.0589 e. The van der Waals surface area contributed by atoms with Gasteiger partial charge in [0.1, 0.15) is 0 Å². The Hall–Kier alpha value is -0.120. The number of rotatable bonds is 12. The molecule has 0 saturated heterocycles. The molecule has 0 aromatic carbocycles. The second-order valence-electron chi connectivity index (χ2n) is 5.49. The Labute approximate surface area is 114 Å². The molecule has 18 heavy (non-hydrogen) atoms. The molecule has 0 aliphatic carbocycles. The average Bonchev–Trinajstić information content (AvgIpc) is 2.33. The Morgan fingerprint density at radius 2 is 1.89 bits per heavy atom. The molecule has 0 aliphatic rings. The third kappa shape index (κ3) is 9.86. The van der Waals surface area contributed by atoms with Crippen molar-refractivity contribution in [2.45, 2.75) is 53.0 Å². The summed E-state index contributed by atoms with van der Waals surface area (Å²) in [5.74, 6) is 0.734. The van der Waals surface area contributed by atoms with Crippen LogP contribution >= 0.6 is 0 Å². The van der Waals surface area contributed by atoms with Crippen molar-refractivity contribution in [1.29, 1.82) is 0 Å². The molecule has 0 radical (unpaired) electrons. The summed E-state index contributed by atoms with van der Waals surface area (Å²) in [5.41, 5.74) is 0. The van der Waals surface area contributed by atoms with Gasteiger partial charge in [0.2, 0.25) is 0 Å². The van der Waals surface area contributed by atoms with Gasteiger partial charge in [0, 0.05) is 26.2 Å². The quantitative estimate of drug-likeness (QED) is 0.582. The van der Waals surface area contributed by atoms with E-state index in [-0.39, 0.29) is 0 Å². The predicted octanol–water partition coefficient (Wildman–Crippen LogP) is 2.76. The lowest BCUT2D eigenvalue weighted by Gasteiger charge is -2.25. The van der Waals surface area contributed by atoms with Gasteiger partial charge in [0.15, 0.2) is 0 Å². The van der Waals surface area contributed by atoms with Crippen LogP contribution in [0.4, 0.5) is 0 Å². The molecule has 0 aromatic rings. The molecule has 1 N–H and O–H groups in total. The topological polar surface area (TPSA) is 24.5 Å². The van der Waals surface area contributed by atoms with Crippen LogP contribution in [-0.4, -0.2) is 50.8 Å². The molecule has 1 atom stereocenters. The van der Waals surface area contributed by atoms with Gasteiger partial charge in [-0.1, -0.05) is 27.7 Å². The van der Waals surface area contributed by atoms with Gasteiger partial charge in [0.25, 0.3) is 0 Å². The first kappa shape index (κ1) is 17.9. The molecule has 0 spiro atoms. The molecule has 0 bridgehead atoms. The van der Waals surface area contributed by atoms with Crippen molar-refractivity contribution in [3.8, 4) is 0 Å². The van der Waals surface area contributed by atoms with E-state index in [4.69, 9.17) is 4.74 Å². The van der Waals surface area contributed by atoms with Crippen molar-refractivity contribution in [2.75, 3.05) is 39.9 Å². The number of nitrogens with zero attached hydrogens (tertiary/aromatic N) is 1. The van der Waals surface area contributed by atoms with Crippen molar-refractivity contribution in [3.63, 3.8) is 0 Å². The molecular formula is C15H34N2O. The largest absolute Gasteiger partial charge is 0.383 e. The molecule has 3 nitrogen and oxygen atoms in total. The average molecular weight is 258 g/mol. The summed E-state index contributed by atoms with van der Waals surface area (Å²) in [6, 6.07) is 0.693. The van der Waals surface area contributed by atoms with E-state index in [0.29, 0.717) is 6.04 Å². The predicted molar refractivity (Wildman–Crippen MR) is 80.1 cm³/mol. The zero-order chi connectivity index (χ0) is 13.8. The molecule has 1 unspecified atom stereocenters. The van der Waals surface area contributed by atoms with Crippen LogP contribution in [0.1, 0.15) is 47.0 Å². The van der Waals surface area contributed by atoms with E-state index >= 15 is 0 Å². The van der Waals surface area contributed by atoms with Crippen molar-refractivity contribution < 1.29 is 4.74 Å². The van der Waals surface area contributed by atoms with Crippen LogP contribution < -0.4 is 5.32 Å². The van der Waals surface area contributed by atoms with Gasteiger partial charge in [-0.3, -0.25) is 0 Å². The minimum atomic E-state index is 0.693. The maximum Gasteiger partial charge on any atom is 0.0589 e. The van der Waals surface area contributed by atoms with Gasteiger partial charge in [-0.15, -0.1) is 0 Å². The summed E-state index contributed by atoms with van der Waals surface area (Å²) in [5, 5.41) is 3.55. The second-order valence-corrected chi connectivity index (χ2v) is 5.49. The monoisotopic (exact) mass is 258 g/mol. The Bertz CT molecular complexity index is 174. The maximum atomic E-state index is 5.19. The normalized spacial score (nSPS) is 13.5. The first-order valence-corrected chi connectivity index (χ1v) is 7.58. The number of ether oxygens (including phenoxy) is 1. The van der Waals surface area contributed by atoms with E-state index in [9.17, 15) is 0 Å². The highest BCUT2D eigenvalue weighted by Crippen LogP contribution is 2.05. The summed E-state index contributed by atoms with van der Waals surface area (Å²) in [6.45, 7) is 14.4. The summed E-state index contributed by atoms with van der Waals surface area (Å²) < 4.78 is 5.19. The highest BCUT2D eigenvalue weighted by molar-refractivity contribution is 4.66. The SMILES string of the molecule is CCNC(CC)CCCN(CCOC)CC(C)C. The lowest BCUT2D eigenvalue weighted by Crippen LogP contribution is -2.34. The number of hydrogen-bond acceptors (Lipinski definition) is 3. The van der Waals surface area contributed by atoms with Gasteiger partial charge in [-0.05, 0) is 38.3 Å². The van der Waals surface area contributed by atoms with Crippen LogP contribution in [0.15, 0.2) is 0 Å². The van der Waals surface area contributed by atoms with Gasteiger partial charge in [0.05, 0.1) is 6.61 Å². The summed E-state index contributed by atoms with van der Waals surface area (Å²) in [7, 11) is 1.78. The fourth-order valence-electron chi connectivity index (χ4n) is 2.33. The molecular weight excluding hydrogens is 224 g/mol. The summed E-state index contributed by atoms with van der Waals surface area (Å²) >= 11 is 0. The standard InChI is InChI=1S/C15H34N2O/c1-6-15(16-7-2)9-8-10-17(11-12-18-5)13-14(3)4/h14-16H,6-13H2,1-5H3. The van der Waals surface area contributed by atoms with Gasteiger partial charge >= 0.3 is 0 Å². The molecule has 0 saturated carbocycles. The van der Waals surface area contributed by atoms with Crippen LogP contribution in [0.2, 0.25) is 0 Å². The maximum absolute atomic E-state index is 5.19. The van der Waals surface area contributed by atoms with Crippen molar-refractivity contribution >= 4 is 0 Å². The van der Waals surface area contributed by atoms with Crippen LogP contribution in [-0.2, 0) is 4.74 Å². The molecule has 110 valence electrons. The first-order valence-electron chi connectivity index (χ1n) is 7.58. The van der Waals surface area contributed by atoms with E-state index in [0.717, 1.165) is 25.6 Å². The van der Waals surface area contributed by atoms with Gasteiger partial charge < -0.3 is 15.0 Å². The van der Waals surface area contributed by atoms with Crippen molar-refractivity contribution in [3.05, 3.63) is 0 Å². The van der Waals surface area contributed by atoms with Crippen LogP contribution in [0.5, 0.6) is 0 Å². The van der Waals surface area contributed by atoms with E-state index in [1.165, 1.54) is 32.4 Å². The Morgan fingerprint density at radius 3 is 2.39 bits per heavy atom. The zero-order valence-corrected chi connectivity index (χ0v) is 13.2. The minimum Gasteiger partial charge on any atom is -0.383 e. The van der Waals surface area contributed by atoms with Crippen LogP contribution in [0.3, 0.4) is 0 Å². The van der Waals surface area contributed by atoms with Crippen molar-refractivity contribution in [1.82, 2.24) is 10.2 Å². The fourth-order valence-corrected chi connectivity index (χ4v) is 2.33.